The zero-order valence-corrected chi connectivity index (χ0v) is 15.3. The van der Waals surface area contributed by atoms with Crippen LogP contribution >= 0.6 is 0 Å². The van der Waals surface area contributed by atoms with E-state index in [4.69, 9.17) is 0 Å². The highest BCUT2D eigenvalue weighted by Gasteiger charge is 2.25. The van der Waals surface area contributed by atoms with Crippen molar-refractivity contribution in [1.82, 2.24) is 9.29 Å². The van der Waals surface area contributed by atoms with Crippen molar-refractivity contribution >= 4 is 15.8 Å². The van der Waals surface area contributed by atoms with Gasteiger partial charge in [-0.25, -0.2) is 8.42 Å². The van der Waals surface area contributed by atoms with Crippen molar-refractivity contribution < 1.29 is 13.2 Å². The highest BCUT2D eigenvalue weighted by molar-refractivity contribution is 7.89. The third-order valence-corrected chi connectivity index (χ3v) is 5.72. The van der Waals surface area contributed by atoms with Crippen LogP contribution in [0.5, 0.6) is 0 Å². The van der Waals surface area contributed by atoms with Crippen molar-refractivity contribution in [1.29, 1.82) is 5.26 Å². The van der Waals surface area contributed by atoms with Gasteiger partial charge in [0.15, 0.2) is 11.7 Å². The molecule has 1 rings (SSSR count). The molecule has 0 N–H and O–H groups in total. The summed E-state index contributed by atoms with van der Waals surface area (Å²) in [6.45, 7) is 7.81. The van der Waals surface area contributed by atoms with Crippen LogP contribution in [0.25, 0.3) is 0 Å². The highest BCUT2D eigenvalue weighted by Crippen LogP contribution is 2.21. The minimum absolute atomic E-state index is 0.0555. The van der Waals surface area contributed by atoms with Crippen molar-refractivity contribution in [2.75, 3.05) is 13.1 Å². The summed E-state index contributed by atoms with van der Waals surface area (Å²) in [5.41, 5.74) is 0.760. The number of sulfonamides is 1. The van der Waals surface area contributed by atoms with Gasteiger partial charge in [-0.05, 0) is 31.1 Å². The number of ketones is 1. The van der Waals surface area contributed by atoms with E-state index in [1.807, 2.05) is 13.0 Å². The van der Waals surface area contributed by atoms with E-state index < -0.39 is 15.9 Å². The molecule has 0 fully saturated rings. The third-order valence-electron chi connectivity index (χ3n) is 3.69. The number of aromatic nitrogens is 1. The van der Waals surface area contributed by atoms with Crippen LogP contribution in [0.4, 0.5) is 0 Å². The molecule has 1 aromatic heterocycles. The Morgan fingerprint density at radius 3 is 2.38 bits per heavy atom. The fourth-order valence-corrected chi connectivity index (χ4v) is 3.73. The van der Waals surface area contributed by atoms with Gasteiger partial charge in [-0.3, -0.25) is 9.78 Å². The number of carbonyl (C=O) groups excluding carboxylic acids is 1. The average Bonchev–Trinajstić information content (AvgIpc) is 2.57. The maximum atomic E-state index is 12.4. The van der Waals surface area contributed by atoms with E-state index >= 15 is 0 Å². The second-order valence-electron chi connectivity index (χ2n) is 5.23. The molecule has 0 bridgehead atoms. The topological polar surface area (TPSA) is 91.1 Å². The van der Waals surface area contributed by atoms with Crippen LogP contribution in [0.3, 0.4) is 0 Å². The van der Waals surface area contributed by atoms with Crippen LogP contribution in [-0.2, 0) is 14.8 Å². The number of hydrogen-bond donors (Lipinski definition) is 0. The summed E-state index contributed by atoms with van der Waals surface area (Å²) in [5, 5.41) is 9.30. The summed E-state index contributed by atoms with van der Waals surface area (Å²) in [6.07, 6.45) is 3.66. The molecule has 24 heavy (non-hydrogen) atoms. The van der Waals surface area contributed by atoms with Crippen molar-refractivity contribution in [3.8, 4) is 6.07 Å². The average molecular weight is 349 g/mol. The van der Waals surface area contributed by atoms with Gasteiger partial charge in [-0.1, -0.05) is 26.8 Å². The highest BCUT2D eigenvalue weighted by atomic mass is 32.2. The van der Waals surface area contributed by atoms with Gasteiger partial charge in [0, 0.05) is 19.3 Å². The van der Waals surface area contributed by atoms with Gasteiger partial charge in [0.05, 0.1) is 11.8 Å². The third kappa shape index (κ3) is 4.28. The molecule has 6 nitrogen and oxygen atoms in total. The Hall–Kier alpha value is -2.04. The van der Waals surface area contributed by atoms with Crippen LogP contribution in [0.1, 0.15) is 45.7 Å². The van der Waals surface area contributed by atoms with E-state index in [0.717, 1.165) is 0 Å². The summed E-state index contributed by atoms with van der Waals surface area (Å²) in [4.78, 5) is 16.4. The van der Waals surface area contributed by atoms with Crippen molar-refractivity contribution in [2.24, 2.45) is 0 Å². The Morgan fingerprint density at radius 1 is 1.33 bits per heavy atom. The second kappa shape index (κ2) is 8.71. The number of nitriles is 1. The SMILES string of the molecule is CC/C=C(\C)C(=O)[C@H](C#N)c1ccc(S(=O)(=O)N(CC)CC)cn1. The lowest BCUT2D eigenvalue weighted by Gasteiger charge is -2.18. The Morgan fingerprint density at radius 2 is 1.96 bits per heavy atom. The van der Waals surface area contributed by atoms with E-state index in [9.17, 15) is 18.5 Å². The summed E-state index contributed by atoms with van der Waals surface area (Å²) in [7, 11) is -3.60. The van der Waals surface area contributed by atoms with Gasteiger partial charge in [-0.2, -0.15) is 9.57 Å². The molecule has 7 heteroatoms. The fraction of sp³-hybridized carbons (Fsp3) is 0.471. The van der Waals surface area contributed by atoms with E-state index in [1.165, 1.54) is 22.6 Å². The molecule has 0 unspecified atom stereocenters. The first-order valence-electron chi connectivity index (χ1n) is 7.90. The summed E-state index contributed by atoms with van der Waals surface area (Å²) >= 11 is 0. The lowest BCUT2D eigenvalue weighted by atomic mass is 9.95. The van der Waals surface area contributed by atoms with Gasteiger partial charge < -0.3 is 0 Å². The Labute approximate surface area is 143 Å². The van der Waals surface area contributed by atoms with Crippen LogP contribution in [0.15, 0.2) is 34.9 Å². The molecule has 0 spiro atoms. The molecule has 0 aliphatic rings. The number of carbonyl (C=O) groups is 1. The van der Waals surface area contributed by atoms with Crippen LogP contribution < -0.4 is 0 Å². The number of nitrogens with zero attached hydrogens (tertiary/aromatic N) is 3. The molecule has 0 radical (unpaired) electrons. The summed E-state index contributed by atoms with van der Waals surface area (Å²) in [6, 6.07) is 4.78. The lowest BCUT2D eigenvalue weighted by molar-refractivity contribution is -0.115. The van der Waals surface area contributed by atoms with E-state index in [-0.39, 0.29) is 16.4 Å². The lowest BCUT2D eigenvalue weighted by Crippen LogP contribution is -2.30. The molecule has 1 atom stereocenters. The van der Waals surface area contributed by atoms with Crippen LogP contribution in [-0.4, -0.2) is 36.6 Å². The van der Waals surface area contributed by atoms with Crippen LogP contribution in [0.2, 0.25) is 0 Å². The Balaban J connectivity index is 3.17. The maximum absolute atomic E-state index is 12.4. The molecule has 0 aliphatic carbocycles. The Kier molecular flexibility index (Phi) is 7.26. The summed E-state index contributed by atoms with van der Waals surface area (Å²) in [5.74, 6) is -1.34. The van der Waals surface area contributed by atoms with Gasteiger partial charge in [0.2, 0.25) is 10.0 Å². The largest absolute Gasteiger partial charge is 0.293 e. The first-order valence-corrected chi connectivity index (χ1v) is 9.34. The number of Topliss-reactive ketones (excluding diaryl/α,β-unsaturated/α-hetero) is 1. The first-order chi connectivity index (χ1) is 11.3. The minimum atomic E-state index is -3.60. The number of hydrogen-bond acceptors (Lipinski definition) is 5. The molecule has 130 valence electrons. The molecule has 0 saturated heterocycles. The van der Waals surface area contributed by atoms with Gasteiger partial charge in [0.1, 0.15) is 4.90 Å². The molecular formula is C17H23N3O3S. The molecular weight excluding hydrogens is 326 g/mol. The smallest absolute Gasteiger partial charge is 0.244 e. The van der Waals surface area contributed by atoms with Crippen molar-refractivity contribution in [2.45, 2.75) is 44.9 Å². The standard InChI is InChI=1S/C17H23N3O3S/c1-5-8-13(4)17(21)15(11-18)16-10-9-14(12-19-16)24(22,23)20(6-2)7-3/h8-10,12,15H,5-7H2,1-4H3/b13-8+/t15-/m1/s1. The van der Waals surface area contributed by atoms with Crippen LogP contribution in [0, 0.1) is 11.3 Å². The number of allylic oxidation sites excluding steroid dienone is 2. The van der Waals surface area contributed by atoms with Crippen molar-refractivity contribution in [3.63, 3.8) is 0 Å². The van der Waals surface area contributed by atoms with Gasteiger partial charge in [-0.15, -0.1) is 0 Å². The predicted molar refractivity (Wildman–Crippen MR) is 91.8 cm³/mol. The second-order valence-corrected chi connectivity index (χ2v) is 7.17. The number of rotatable bonds is 8. The molecule has 0 aliphatic heterocycles. The minimum Gasteiger partial charge on any atom is -0.293 e. The molecule has 1 heterocycles. The van der Waals surface area contributed by atoms with E-state index in [2.05, 4.69) is 4.98 Å². The molecule has 0 aromatic carbocycles. The zero-order chi connectivity index (χ0) is 18.3. The first kappa shape index (κ1) is 20.0. The van der Waals surface area contributed by atoms with Gasteiger partial charge in [0.25, 0.3) is 0 Å². The predicted octanol–water partition coefficient (Wildman–Crippen LogP) is 2.64. The number of pyridine rings is 1. The molecule has 1 aromatic rings. The monoisotopic (exact) mass is 349 g/mol. The zero-order valence-electron chi connectivity index (χ0n) is 14.5. The fourth-order valence-electron chi connectivity index (χ4n) is 2.32. The quantitative estimate of drug-likeness (QED) is 0.673. The summed E-state index contributed by atoms with van der Waals surface area (Å²) < 4.78 is 26.2. The van der Waals surface area contributed by atoms with E-state index in [1.54, 1.807) is 26.8 Å². The van der Waals surface area contributed by atoms with Crippen molar-refractivity contribution in [3.05, 3.63) is 35.7 Å². The molecule has 0 amide bonds. The Bertz CT molecular complexity index is 742. The van der Waals surface area contributed by atoms with E-state index in [0.29, 0.717) is 25.1 Å². The van der Waals surface area contributed by atoms with Gasteiger partial charge >= 0.3 is 0 Å². The normalized spacial score (nSPS) is 13.6. The molecule has 0 saturated carbocycles. The maximum Gasteiger partial charge on any atom is 0.244 e.